The summed E-state index contributed by atoms with van der Waals surface area (Å²) in [7, 11) is 0. The number of carbonyl (C=O) groups is 1. The van der Waals surface area contributed by atoms with Crippen LogP contribution in [0.15, 0.2) is 42.9 Å². The van der Waals surface area contributed by atoms with Crippen LogP contribution >= 0.6 is 0 Å². The smallest absolute Gasteiger partial charge is 0.268 e. The Bertz CT molecular complexity index is 855. The standard InChI is InChI=1S/C19H25N7O2/c1-3-13(4-2)16(11-27)24-18(28)15-9-14(10-21-15)17-22-12-23-19(25-17)26-7-5-20-6-8-26/h3-4,9-10,12,16,20-21,27H,1,5-8,11H2,2H3,(H,24,28)/b13-4+. The maximum Gasteiger partial charge on any atom is 0.268 e. The van der Waals surface area contributed by atoms with Crippen molar-refractivity contribution in [3.8, 4) is 11.4 Å². The maximum atomic E-state index is 12.5. The molecule has 0 bridgehead atoms. The van der Waals surface area contributed by atoms with Gasteiger partial charge in [0.15, 0.2) is 5.82 Å². The molecule has 9 nitrogen and oxygen atoms in total. The van der Waals surface area contributed by atoms with Gasteiger partial charge in [-0.3, -0.25) is 4.79 Å². The Kier molecular flexibility index (Phi) is 6.51. The van der Waals surface area contributed by atoms with Crippen LogP contribution in [0.2, 0.25) is 0 Å². The lowest BCUT2D eigenvalue weighted by atomic mass is 10.1. The van der Waals surface area contributed by atoms with Crippen molar-refractivity contribution in [1.82, 2.24) is 30.6 Å². The molecule has 0 radical (unpaired) electrons. The number of amides is 1. The predicted molar refractivity (Wildman–Crippen MR) is 107 cm³/mol. The number of piperazine rings is 1. The van der Waals surface area contributed by atoms with E-state index in [1.807, 2.05) is 6.92 Å². The molecular weight excluding hydrogens is 358 g/mol. The number of H-pyrrole nitrogens is 1. The molecule has 1 saturated heterocycles. The molecule has 28 heavy (non-hydrogen) atoms. The Balaban J connectivity index is 1.74. The summed E-state index contributed by atoms with van der Waals surface area (Å²) in [5.74, 6) is 0.795. The Morgan fingerprint density at radius 1 is 1.43 bits per heavy atom. The second-order valence-electron chi connectivity index (χ2n) is 6.35. The molecule has 1 unspecified atom stereocenters. The average molecular weight is 383 g/mol. The fourth-order valence-corrected chi connectivity index (χ4v) is 3.03. The van der Waals surface area contributed by atoms with Gasteiger partial charge in [0.25, 0.3) is 5.91 Å². The summed E-state index contributed by atoms with van der Waals surface area (Å²) in [5.41, 5.74) is 1.80. The summed E-state index contributed by atoms with van der Waals surface area (Å²) in [6.45, 7) is 8.77. The van der Waals surface area contributed by atoms with Crippen molar-refractivity contribution in [1.29, 1.82) is 0 Å². The van der Waals surface area contributed by atoms with Crippen molar-refractivity contribution in [2.75, 3.05) is 37.7 Å². The number of aliphatic hydroxyl groups excluding tert-OH is 1. The SMILES string of the molecule is C=C/C(=C\C)C(CO)NC(=O)c1cc(-c2ncnc(N3CCNCC3)n2)c[nH]1. The van der Waals surface area contributed by atoms with E-state index >= 15 is 0 Å². The number of nitrogens with zero attached hydrogens (tertiary/aromatic N) is 4. The molecule has 3 rings (SSSR count). The summed E-state index contributed by atoms with van der Waals surface area (Å²) in [5, 5.41) is 15.6. The van der Waals surface area contributed by atoms with Crippen molar-refractivity contribution in [3.05, 3.63) is 48.6 Å². The highest BCUT2D eigenvalue weighted by Gasteiger charge is 2.18. The molecule has 1 aliphatic rings. The van der Waals surface area contributed by atoms with E-state index in [1.165, 1.54) is 6.33 Å². The molecule has 0 aliphatic carbocycles. The van der Waals surface area contributed by atoms with Gasteiger partial charge in [-0.25, -0.2) is 9.97 Å². The molecule has 0 aromatic carbocycles. The lowest BCUT2D eigenvalue weighted by molar-refractivity contribution is 0.0923. The van der Waals surface area contributed by atoms with Gasteiger partial charge in [-0.2, -0.15) is 4.98 Å². The number of hydrogen-bond donors (Lipinski definition) is 4. The number of carbonyl (C=O) groups excluding carboxylic acids is 1. The first-order valence-corrected chi connectivity index (χ1v) is 9.20. The van der Waals surface area contributed by atoms with Gasteiger partial charge in [0.05, 0.1) is 12.6 Å². The molecule has 4 N–H and O–H groups in total. The first-order valence-electron chi connectivity index (χ1n) is 9.20. The van der Waals surface area contributed by atoms with Gasteiger partial charge in [-0.05, 0) is 18.6 Å². The van der Waals surface area contributed by atoms with Gasteiger partial charge in [-0.15, -0.1) is 0 Å². The van der Waals surface area contributed by atoms with Gasteiger partial charge in [0.2, 0.25) is 5.95 Å². The third-order valence-corrected chi connectivity index (χ3v) is 4.60. The molecule has 0 saturated carbocycles. The number of aromatic nitrogens is 4. The quantitative estimate of drug-likeness (QED) is 0.514. The van der Waals surface area contributed by atoms with Crippen LogP contribution in [-0.4, -0.2) is 69.8 Å². The molecule has 1 amide bonds. The van der Waals surface area contributed by atoms with E-state index < -0.39 is 6.04 Å². The predicted octanol–water partition coefficient (Wildman–Crippen LogP) is 0.499. The minimum Gasteiger partial charge on any atom is -0.394 e. The van der Waals surface area contributed by atoms with Crippen LogP contribution in [0.3, 0.4) is 0 Å². The number of hydrogen-bond acceptors (Lipinski definition) is 7. The molecular formula is C19H25N7O2. The largest absolute Gasteiger partial charge is 0.394 e. The molecule has 1 atom stereocenters. The molecule has 1 fully saturated rings. The Morgan fingerprint density at radius 2 is 2.21 bits per heavy atom. The van der Waals surface area contributed by atoms with Crippen molar-refractivity contribution < 1.29 is 9.90 Å². The van der Waals surface area contributed by atoms with Gasteiger partial charge in [-0.1, -0.05) is 18.7 Å². The third-order valence-electron chi connectivity index (χ3n) is 4.60. The molecule has 0 spiro atoms. The van der Waals surface area contributed by atoms with Crippen LogP contribution in [0, 0.1) is 0 Å². The number of anilines is 1. The van der Waals surface area contributed by atoms with Crippen molar-refractivity contribution in [3.63, 3.8) is 0 Å². The number of allylic oxidation sites excluding steroid dienone is 1. The zero-order chi connectivity index (χ0) is 19.9. The van der Waals surface area contributed by atoms with Gasteiger partial charge in [0.1, 0.15) is 12.0 Å². The van der Waals surface area contributed by atoms with Crippen LogP contribution < -0.4 is 15.5 Å². The Hall–Kier alpha value is -3.04. The molecule has 148 valence electrons. The van der Waals surface area contributed by atoms with Gasteiger partial charge in [0, 0.05) is 37.9 Å². The summed E-state index contributed by atoms with van der Waals surface area (Å²) in [6, 6.07) is 1.17. The lowest BCUT2D eigenvalue weighted by Gasteiger charge is -2.27. The Morgan fingerprint density at radius 3 is 2.89 bits per heavy atom. The van der Waals surface area contributed by atoms with E-state index in [0.717, 1.165) is 31.8 Å². The van der Waals surface area contributed by atoms with E-state index in [-0.39, 0.29) is 12.5 Å². The van der Waals surface area contributed by atoms with Crippen molar-refractivity contribution in [2.45, 2.75) is 13.0 Å². The molecule has 3 heterocycles. The summed E-state index contributed by atoms with van der Waals surface area (Å²) < 4.78 is 0. The van der Waals surface area contributed by atoms with Crippen LogP contribution in [0.4, 0.5) is 5.95 Å². The molecule has 2 aromatic heterocycles. The zero-order valence-corrected chi connectivity index (χ0v) is 15.9. The fraction of sp³-hybridized carbons (Fsp3) is 0.368. The number of rotatable bonds is 7. The van der Waals surface area contributed by atoms with Crippen molar-refractivity contribution in [2.24, 2.45) is 0 Å². The van der Waals surface area contributed by atoms with Crippen LogP contribution in [0.5, 0.6) is 0 Å². The maximum absolute atomic E-state index is 12.5. The second kappa shape index (κ2) is 9.25. The number of nitrogens with one attached hydrogen (secondary N) is 3. The van der Waals surface area contributed by atoms with Crippen LogP contribution in [-0.2, 0) is 0 Å². The van der Waals surface area contributed by atoms with Crippen molar-refractivity contribution >= 4 is 11.9 Å². The van der Waals surface area contributed by atoms with E-state index in [0.29, 0.717) is 23.0 Å². The van der Waals surface area contributed by atoms with E-state index in [9.17, 15) is 9.90 Å². The van der Waals surface area contributed by atoms with Crippen LogP contribution in [0.1, 0.15) is 17.4 Å². The van der Waals surface area contributed by atoms with E-state index in [1.54, 1.807) is 24.4 Å². The zero-order valence-electron chi connectivity index (χ0n) is 15.9. The third kappa shape index (κ3) is 4.44. The van der Waals surface area contributed by atoms with Gasteiger partial charge >= 0.3 is 0 Å². The number of aliphatic hydroxyl groups is 1. The highest BCUT2D eigenvalue weighted by atomic mass is 16.3. The first-order chi connectivity index (χ1) is 13.7. The summed E-state index contributed by atoms with van der Waals surface area (Å²) >= 11 is 0. The molecule has 9 heteroatoms. The van der Waals surface area contributed by atoms with E-state index in [4.69, 9.17) is 0 Å². The monoisotopic (exact) mass is 383 g/mol. The highest BCUT2D eigenvalue weighted by Crippen LogP contribution is 2.18. The topological polar surface area (TPSA) is 119 Å². The lowest BCUT2D eigenvalue weighted by Crippen LogP contribution is -2.44. The fourth-order valence-electron chi connectivity index (χ4n) is 3.03. The number of aromatic amines is 1. The highest BCUT2D eigenvalue weighted by molar-refractivity contribution is 5.94. The molecule has 1 aliphatic heterocycles. The molecule has 2 aromatic rings. The average Bonchev–Trinajstić information content (AvgIpc) is 3.25. The normalized spacial score (nSPS) is 15.9. The summed E-state index contributed by atoms with van der Waals surface area (Å²) in [4.78, 5) is 30.6. The minimum atomic E-state index is -0.516. The minimum absolute atomic E-state index is 0.216. The van der Waals surface area contributed by atoms with Gasteiger partial charge < -0.3 is 25.6 Å². The second-order valence-corrected chi connectivity index (χ2v) is 6.35. The van der Waals surface area contributed by atoms with E-state index in [2.05, 4.69) is 42.0 Å². The van der Waals surface area contributed by atoms with Crippen LogP contribution in [0.25, 0.3) is 11.4 Å². The Labute approximate surface area is 163 Å². The summed E-state index contributed by atoms with van der Waals surface area (Å²) in [6.07, 6.45) is 6.58. The first kappa shape index (κ1) is 19.7.